The maximum Gasteiger partial charge on any atom is 0.221 e. The Balaban J connectivity index is 1.76. The Morgan fingerprint density at radius 1 is 1.67 bits per heavy atom. The highest BCUT2D eigenvalue weighted by Gasteiger charge is 2.29. The summed E-state index contributed by atoms with van der Waals surface area (Å²) in [6.45, 7) is 3.34. The Hall–Kier alpha value is -1.11. The Morgan fingerprint density at radius 3 is 3.17 bits per heavy atom. The van der Waals surface area contributed by atoms with Crippen LogP contribution in [0.25, 0.3) is 0 Å². The number of thiophene rings is 1. The summed E-state index contributed by atoms with van der Waals surface area (Å²) in [6, 6.07) is 2.51. The minimum atomic E-state index is -0.0324. The van der Waals surface area contributed by atoms with Crippen molar-refractivity contribution in [1.29, 1.82) is 0 Å². The van der Waals surface area contributed by atoms with Crippen molar-refractivity contribution in [3.8, 4) is 5.75 Å². The predicted molar refractivity (Wildman–Crippen MR) is 71.0 cm³/mol. The molecule has 6 heteroatoms. The molecule has 2 unspecified atom stereocenters. The fraction of sp³-hybridized carbons (Fsp3) is 0.583. The lowest BCUT2D eigenvalue weighted by Crippen LogP contribution is -2.59. The molecule has 2 aliphatic heterocycles. The van der Waals surface area contributed by atoms with E-state index in [1.54, 1.807) is 11.3 Å². The molecule has 5 nitrogen and oxygen atoms in total. The molecule has 0 aromatic carbocycles. The van der Waals surface area contributed by atoms with Gasteiger partial charge >= 0.3 is 0 Å². The minimum absolute atomic E-state index is 0.0324. The molecule has 0 bridgehead atoms. The summed E-state index contributed by atoms with van der Waals surface area (Å²) in [7, 11) is 0. The van der Waals surface area contributed by atoms with Gasteiger partial charge in [-0.2, -0.15) is 0 Å². The van der Waals surface area contributed by atoms with Crippen molar-refractivity contribution in [3.63, 3.8) is 0 Å². The van der Waals surface area contributed by atoms with Gasteiger partial charge in [-0.3, -0.25) is 15.6 Å². The second-order valence-corrected chi connectivity index (χ2v) is 5.90. The Morgan fingerprint density at radius 2 is 2.50 bits per heavy atom. The fourth-order valence-electron chi connectivity index (χ4n) is 2.42. The minimum Gasteiger partial charge on any atom is -0.492 e. The van der Waals surface area contributed by atoms with Gasteiger partial charge < -0.3 is 10.1 Å². The molecule has 1 saturated heterocycles. The van der Waals surface area contributed by atoms with Crippen LogP contribution in [0.3, 0.4) is 0 Å². The number of anilines is 1. The largest absolute Gasteiger partial charge is 0.492 e. The first-order chi connectivity index (χ1) is 8.72. The van der Waals surface area contributed by atoms with E-state index in [0.29, 0.717) is 12.0 Å². The van der Waals surface area contributed by atoms with E-state index >= 15 is 0 Å². The number of nitrogens with one attached hydrogen (secondary N) is 3. The van der Waals surface area contributed by atoms with Gasteiger partial charge in [0.15, 0.2) is 0 Å². The molecule has 2 atom stereocenters. The first-order valence-electron chi connectivity index (χ1n) is 6.25. The summed E-state index contributed by atoms with van der Waals surface area (Å²) < 4.78 is 5.67. The Bertz CT molecular complexity index is 456. The zero-order valence-electron chi connectivity index (χ0n) is 10.3. The van der Waals surface area contributed by atoms with Crippen LogP contribution in [0.5, 0.6) is 5.75 Å². The third-order valence-corrected chi connectivity index (χ3v) is 4.54. The SMILES string of the molecule is CC(=O)Nc1cc2c(s1)C(CC1CNN1)CCO2. The molecule has 1 amide bonds. The second-order valence-electron chi connectivity index (χ2n) is 4.81. The average molecular weight is 267 g/mol. The molecule has 0 aliphatic carbocycles. The van der Waals surface area contributed by atoms with E-state index in [9.17, 15) is 4.79 Å². The van der Waals surface area contributed by atoms with Crippen LogP contribution in [0.2, 0.25) is 0 Å². The number of amides is 1. The van der Waals surface area contributed by atoms with Crippen molar-refractivity contribution >= 4 is 22.2 Å². The van der Waals surface area contributed by atoms with Gasteiger partial charge in [0, 0.05) is 31.5 Å². The second kappa shape index (κ2) is 4.87. The van der Waals surface area contributed by atoms with Crippen LogP contribution in [-0.4, -0.2) is 25.1 Å². The van der Waals surface area contributed by atoms with E-state index in [-0.39, 0.29) is 5.91 Å². The van der Waals surface area contributed by atoms with Crippen LogP contribution in [0.1, 0.15) is 30.6 Å². The number of carbonyl (C=O) groups excluding carboxylic acids is 1. The topological polar surface area (TPSA) is 62.4 Å². The highest BCUT2D eigenvalue weighted by atomic mass is 32.1. The third kappa shape index (κ3) is 2.36. The molecular formula is C12H17N3O2S. The summed E-state index contributed by atoms with van der Waals surface area (Å²) in [5, 5.41) is 3.72. The van der Waals surface area contributed by atoms with Gasteiger partial charge in [0.2, 0.25) is 5.91 Å². The van der Waals surface area contributed by atoms with Gasteiger partial charge in [0.05, 0.1) is 16.5 Å². The van der Waals surface area contributed by atoms with Crippen LogP contribution in [0, 0.1) is 0 Å². The molecule has 3 heterocycles. The van der Waals surface area contributed by atoms with Crippen molar-refractivity contribution in [1.82, 2.24) is 10.9 Å². The molecule has 1 aromatic heterocycles. The van der Waals surface area contributed by atoms with E-state index in [2.05, 4.69) is 16.2 Å². The number of rotatable bonds is 3. The first-order valence-corrected chi connectivity index (χ1v) is 7.06. The first kappa shape index (κ1) is 12.0. The van der Waals surface area contributed by atoms with Crippen LogP contribution >= 0.6 is 11.3 Å². The number of ether oxygens (including phenoxy) is 1. The van der Waals surface area contributed by atoms with E-state index in [4.69, 9.17) is 4.74 Å². The van der Waals surface area contributed by atoms with E-state index < -0.39 is 0 Å². The van der Waals surface area contributed by atoms with Crippen molar-refractivity contribution < 1.29 is 9.53 Å². The van der Waals surface area contributed by atoms with E-state index in [1.807, 2.05) is 6.07 Å². The summed E-state index contributed by atoms with van der Waals surface area (Å²) in [5.74, 6) is 1.46. The van der Waals surface area contributed by atoms with Crippen molar-refractivity contribution in [2.75, 3.05) is 18.5 Å². The standard InChI is InChI=1S/C12H17N3O2S/c1-7(16)14-11-5-10-12(18-11)8(2-3-17-10)4-9-6-13-15-9/h5,8-9,13,15H,2-4,6H2,1H3,(H,14,16). The molecular weight excluding hydrogens is 250 g/mol. The Labute approximate surface area is 110 Å². The highest BCUT2D eigenvalue weighted by Crippen LogP contribution is 2.44. The fourth-order valence-corrected chi connectivity index (χ4v) is 3.62. The Kier molecular flexibility index (Phi) is 3.23. The van der Waals surface area contributed by atoms with Gasteiger partial charge in [-0.1, -0.05) is 0 Å². The number of carbonyl (C=O) groups is 1. The van der Waals surface area contributed by atoms with Gasteiger partial charge in [0.25, 0.3) is 0 Å². The van der Waals surface area contributed by atoms with Crippen molar-refractivity contribution in [3.05, 3.63) is 10.9 Å². The molecule has 3 rings (SSSR count). The monoisotopic (exact) mass is 267 g/mol. The molecule has 3 N–H and O–H groups in total. The van der Waals surface area contributed by atoms with Gasteiger partial charge in [-0.05, 0) is 12.8 Å². The van der Waals surface area contributed by atoms with Gasteiger partial charge in [0.1, 0.15) is 5.75 Å². The zero-order chi connectivity index (χ0) is 12.5. The van der Waals surface area contributed by atoms with Crippen LogP contribution in [0.15, 0.2) is 6.07 Å². The third-order valence-electron chi connectivity index (χ3n) is 3.34. The molecule has 1 fully saturated rings. The number of hydrogen-bond acceptors (Lipinski definition) is 5. The van der Waals surface area contributed by atoms with E-state index in [0.717, 1.165) is 36.7 Å². The smallest absolute Gasteiger partial charge is 0.221 e. The summed E-state index contributed by atoms with van der Waals surface area (Å²) in [5.41, 5.74) is 6.28. The normalized spacial score (nSPS) is 25.8. The molecule has 1 aromatic rings. The summed E-state index contributed by atoms with van der Waals surface area (Å²) in [4.78, 5) is 12.4. The summed E-state index contributed by atoms with van der Waals surface area (Å²) in [6.07, 6.45) is 2.19. The number of hydrogen-bond donors (Lipinski definition) is 3. The van der Waals surface area contributed by atoms with E-state index in [1.165, 1.54) is 11.8 Å². The van der Waals surface area contributed by atoms with Gasteiger partial charge in [-0.25, -0.2) is 0 Å². The van der Waals surface area contributed by atoms with Crippen molar-refractivity contribution in [2.24, 2.45) is 0 Å². The molecule has 2 aliphatic rings. The molecule has 18 heavy (non-hydrogen) atoms. The lowest BCUT2D eigenvalue weighted by molar-refractivity contribution is -0.114. The highest BCUT2D eigenvalue weighted by molar-refractivity contribution is 7.16. The predicted octanol–water partition coefficient (Wildman–Crippen LogP) is 1.44. The van der Waals surface area contributed by atoms with Crippen LogP contribution < -0.4 is 20.9 Å². The molecule has 0 saturated carbocycles. The number of hydrazine groups is 1. The van der Waals surface area contributed by atoms with Gasteiger partial charge in [-0.15, -0.1) is 11.3 Å². The number of fused-ring (bicyclic) bond motifs is 1. The molecule has 0 spiro atoms. The maximum absolute atomic E-state index is 11.1. The van der Waals surface area contributed by atoms with Crippen molar-refractivity contribution in [2.45, 2.75) is 31.7 Å². The van der Waals surface area contributed by atoms with Crippen LogP contribution in [-0.2, 0) is 4.79 Å². The molecule has 0 radical (unpaired) electrons. The quantitative estimate of drug-likeness (QED) is 0.775. The lowest BCUT2D eigenvalue weighted by Gasteiger charge is -2.33. The lowest BCUT2D eigenvalue weighted by atomic mass is 9.93. The van der Waals surface area contributed by atoms with Crippen LogP contribution in [0.4, 0.5) is 5.00 Å². The molecule has 98 valence electrons. The maximum atomic E-state index is 11.1. The zero-order valence-corrected chi connectivity index (χ0v) is 11.1. The summed E-state index contributed by atoms with van der Waals surface area (Å²) >= 11 is 1.64. The average Bonchev–Trinajstić information content (AvgIpc) is 2.65.